The van der Waals surface area contributed by atoms with Gasteiger partial charge < -0.3 is 20.1 Å². The van der Waals surface area contributed by atoms with Crippen LogP contribution in [0.25, 0.3) is 0 Å². The highest BCUT2D eigenvalue weighted by atomic mass is 16.5. The molecule has 0 spiro atoms. The van der Waals surface area contributed by atoms with E-state index in [1.165, 1.54) is 7.11 Å². The van der Waals surface area contributed by atoms with Crippen LogP contribution in [-0.4, -0.2) is 26.0 Å². The highest BCUT2D eigenvalue weighted by molar-refractivity contribution is 6.10. The Bertz CT molecular complexity index is 813. The fourth-order valence-corrected chi connectivity index (χ4v) is 2.39. The standard InChI is InChI=1S/C21H26N2O4/c1-14-6-8-15(9-7-14)13-22-19(24)21(2,3)20(25)23-17-11-10-16(26-4)12-18(17)27-5/h6-12H,13H2,1-5H3,(H,22,24)(H,23,25). The Kier molecular flexibility index (Phi) is 6.45. The van der Waals surface area contributed by atoms with E-state index in [1.54, 1.807) is 39.2 Å². The largest absolute Gasteiger partial charge is 0.497 e. The molecule has 2 aromatic carbocycles. The van der Waals surface area contributed by atoms with E-state index in [1.807, 2.05) is 31.2 Å². The lowest BCUT2D eigenvalue weighted by atomic mass is 9.90. The first kappa shape index (κ1) is 20.3. The SMILES string of the molecule is COc1ccc(NC(=O)C(C)(C)C(=O)NCc2ccc(C)cc2)c(OC)c1. The summed E-state index contributed by atoms with van der Waals surface area (Å²) in [6.45, 7) is 5.54. The van der Waals surface area contributed by atoms with E-state index in [-0.39, 0.29) is 5.91 Å². The van der Waals surface area contributed by atoms with Gasteiger partial charge in [0.25, 0.3) is 0 Å². The van der Waals surface area contributed by atoms with Gasteiger partial charge in [-0.2, -0.15) is 0 Å². The van der Waals surface area contributed by atoms with Crippen molar-refractivity contribution in [3.05, 3.63) is 53.6 Å². The molecule has 144 valence electrons. The van der Waals surface area contributed by atoms with Crippen LogP contribution in [0.4, 0.5) is 5.69 Å². The molecular formula is C21H26N2O4. The summed E-state index contributed by atoms with van der Waals surface area (Å²) in [7, 11) is 3.05. The summed E-state index contributed by atoms with van der Waals surface area (Å²) in [6, 6.07) is 12.9. The van der Waals surface area contributed by atoms with Gasteiger partial charge in [0.05, 0.1) is 19.9 Å². The number of benzene rings is 2. The monoisotopic (exact) mass is 370 g/mol. The quantitative estimate of drug-likeness (QED) is 0.733. The lowest BCUT2D eigenvalue weighted by Gasteiger charge is -2.23. The number of aryl methyl sites for hydroxylation is 1. The van der Waals surface area contributed by atoms with Gasteiger partial charge in [0.2, 0.25) is 11.8 Å². The van der Waals surface area contributed by atoms with Crippen LogP contribution in [0, 0.1) is 12.3 Å². The number of ether oxygens (including phenoxy) is 2. The molecule has 27 heavy (non-hydrogen) atoms. The van der Waals surface area contributed by atoms with Crippen LogP contribution in [0.1, 0.15) is 25.0 Å². The maximum Gasteiger partial charge on any atom is 0.239 e. The molecule has 0 radical (unpaired) electrons. The molecule has 0 aromatic heterocycles. The molecule has 0 aliphatic heterocycles. The lowest BCUT2D eigenvalue weighted by Crippen LogP contribution is -2.44. The van der Waals surface area contributed by atoms with Gasteiger partial charge in [-0.3, -0.25) is 9.59 Å². The summed E-state index contributed by atoms with van der Waals surface area (Å²) in [5, 5.41) is 5.58. The van der Waals surface area contributed by atoms with Gasteiger partial charge in [0.1, 0.15) is 16.9 Å². The Balaban J connectivity index is 2.05. The van der Waals surface area contributed by atoms with Crippen molar-refractivity contribution < 1.29 is 19.1 Å². The average Bonchev–Trinajstić information content (AvgIpc) is 2.67. The Morgan fingerprint density at radius 1 is 0.963 bits per heavy atom. The Labute approximate surface area is 159 Å². The minimum atomic E-state index is -1.25. The summed E-state index contributed by atoms with van der Waals surface area (Å²) in [6.07, 6.45) is 0. The Morgan fingerprint density at radius 2 is 1.63 bits per heavy atom. The average molecular weight is 370 g/mol. The Morgan fingerprint density at radius 3 is 2.22 bits per heavy atom. The number of amides is 2. The third-order valence-corrected chi connectivity index (χ3v) is 4.37. The van der Waals surface area contributed by atoms with Crippen molar-refractivity contribution in [2.24, 2.45) is 5.41 Å². The normalized spacial score (nSPS) is 10.9. The number of anilines is 1. The summed E-state index contributed by atoms with van der Waals surface area (Å²) in [5.74, 6) is 0.291. The lowest BCUT2D eigenvalue weighted by molar-refractivity contribution is -0.138. The van der Waals surface area contributed by atoms with Crippen molar-refractivity contribution in [1.82, 2.24) is 5.32 Å². The maximum atomic E-state index is 12.7. The number of carbonyl (C=O) groups excluding carboxylic acids is 2. The van der Waals surface area contributed by atoms with E-state index in [9.17, 15) is 9.59 Å². The topological polar surface area (TPSA) is 76.7 Å². The number of hydrogen-bond acceptors (Lipinski definition) is 4. The first-order valence-electron chi connectivity index (χ1n) is 8.65. The van der Waals surface area contributed by atoms with Crippen molar-refractivity contribution in [2.75, 3.05) is 19.5 Å². The van der Waals surface area contributed by atoms with Gasteiger partial charge in [-0.1, -0.05) is 29.8 Å². The molecule has 0 aliphatic carbocycles. The van der Waals surface area contributed by atoms with Crippen LogP contribution in [0.15, 0.2) is 42.5 Å². The molecule has 2 rings (SSSR count). The first-order valence-corrected chi connectivity index (χ1v) is 8.65. The van der Waals surface area contributed by atoms with Crippen molar-refractivity contribution in [1.29, 1.82) is 0 Å². The first-order chi connectivity index (χ1) is 12.8. The molecule has 6 heteroatoms. The summed E-state index contributed by atoms with van der Waals surface area (Å²) in [4.78, 5) is 25.3. The highest BCUT2D eigenvalue weighted by Crippen LogP contribution is 2.30. The third-order valence-electron chi connectivity index (χ3n) is 4.37. The fourth-order valence-electron chi connectivity index (χ4n) is 2.39. The molecule has 0 saturated carbocycles. The van der Waals surface area contributed by atoms with Crippen LogP contribution in [-0.2, 0) is 16.1 Å². The maximum absolute atomic E-state index is 12.7. The fraction of sp³-hybridized carbons (Fsp3) is 0.333. The van der Waals surface area contributed by atoms with E-state index in [2.05, 4.69) is 10.6 Å². The Hall–Kier alpha value is -3.02. The minimum Gasteiger partial charge on any atom is -0.497 e. The van der Waals surface area contributed by atoms with E-state index in [0.29, 0.717) is 23.7 Å². The van der Waals surface area contributed by atoms with Gasteiger partial charge >= 0.3 is 0 Å². The van der Waals surface area contributed by atoms with Crippen LogP contribution in [0.5, 0.6) is 11.5 Å². The smallest absolute Gasteiger partial charge is 0.239 e. The van der Waals surface area contributed by atoms with Gasteiger partial charge in [-0.25, -0.2) is 0 Å². The van der Waals surface area contributed by atoms with Crippen LogP contribution >= 0.6 is 0 Å². The molecule has 6 nitrogen and oxygen atoms in total. The second-order valence-electron chi connectivity index (χ2n) is 6.81. The summed E-state index contributed by atoms with van der Waals surface area (Å²) < 4.78 is 10.4. The number of nitrogens with one attached hydrogen (secondary N) is 2. The summed E-state index contributed by atoms with van der Waals surface area (Å²) >= 11 is 0. The molecule has 0 fully saturated rings. The van der Waals surface area contributed by atoms with Crippen molar-refractivity contribution >= 4 is 17.5 Å². The van der Waals surface area contributed by atoms with E-state index in [4.69, 9.17) is 9.47 Å². The summed E-state index contributed by atoms with van der Waals surface area (Å²) in [5.41, 5.74) is 1.35. The van der Waals surface area contributed by atoms with E-state index < -0.39 is 11.3 Å². The minimum absolute atomic E-state index is 0.354. The number of methoxy groups -OCH3 is 2. The van der Waals surface area contributed by atoms with Gasteiger partial charge in [-0.05, 0) is 38.5 Å². The third kappa shape index (κ3) is 5.00. The second-order valence-corrected chi connectivity index (χ2v) is 6.81. The van der Waals surface area contributed by atoms with Crippen molar-refractivity contribution in [3.63, 3.8) is 0 Å². The predicted molar refractivity (Wildman–Crippen MR) is 105 cm³/mol. The number of carbonyl (C=O) groups is 2. The number of rotatable bonds is 7. The van der Waals surface area contributed by atoms with E-state index >= 15 is 0 Å². The van der Waals surface area contributed by atoms with Gasteiger partial charge in [-0.15, -0.1) is 0 Å². The van der Waals surface area contributed by atoms with Crippen molar-refractivity contribution in [3.8, 4) is 11.5 Å². The molecule has 0 heterocycles. The molecule has 2 amide bonds. The van der Waals surface area contributed by atoms with Crippen LogP contribution in [0.2, 0.25) is 0 Å². The molecule has 0 bridgehead atoms. The zero-order valence-corrected chi connectivity index (χ0v) is 16.4. The van der Waals surface area contributed by atoms with Gasteiger partial charge in [0, 0.05) is 12.6 Å². The van der Waals surface area contributed by atoms with Gasteiger partial charge in [0.15, 0.2) is 0 Å². The molecule has 0 saturated heterocycles. The predicted octanol–water partition coefficient (Wildman–Crippen LogP) is 3.29. The highest BCUT2D eigenvalue weighted by Gasteiger charge is 2.36. The zero-order chi connectivity index (χ0) is 20.0. The van der Waals surface area contributed by atoms with Crippen LogP contribution < -0.4 is 20.1 Å². The zero-order valence-electron chi connectivity index (χ0n) is 16.4. The molecule has 0 aliphatic rings. The van der Waals surface area contributed by atoms with E-state index in [0.717, 1.165) is 11.1 Å². The van der Waals surface area contributed by atoms with Crippen molar-refractivity contribution in [2.45, 2.75) is 27.3 Å². The molecular weight excluding hydrogens is 344 g/mol. The molecule has 0 atom stereocenters. The second kappa shape index (κ2) is 8.58. The number of hydrogen-bond donors (Lipinski definition) is 2. The molecule has 2 N–H and O–H groups in total. The molecule has 2 aromatic rings. The van der Waals surface area contributed by atoms with Crippen LogP contribution in [0.3, 0.4) is 0 Å². The molecule has 0 unspecified atom stereocenters.